The Morgan fingerprint density at radius 1 is 1.15 bits per heavy atom. The lowest BCUT2D eigenvalue weighted by molar-refractivity contribution is -0.140. The number of rotatable bonds is 7. The maximum absolute atomic E-state index is 14.0. The van der Waals surface area contributed by atoms with Crippen molar-refractivity contribution in [3.63, 3.8) is 0 Å². The molecule has 4 heterocycles. The SMILES string of the molecule is O=C(C1CC1)N1CC(CN2C(=O)C3(CCN(S(=O)O)CC3)N=C2C2=CCC(c3ccc(C4=CNNC4)cc3)C=C2)C1. The fourth-order valence-corrected chi connectivity index (χ4v) is 7.09. The van der Waals surface area contributed by atoms with Crippen LogP contribution in [0.1, 0.15) is 49.1 Å². The van der Waals surface area contributed by atoms with Crippen molar-refractivity contribution in [1.29, 1.82) is 0 Å². The van der Waals surface area contributed by atoms with Crippen LogP contribution < -0.4 is 10.9 Å². The van der Waals surface area contributed by atoms with Crippen LogP contribution in [0, 0.1) is 11.8 Å². The van der Waals surface area contributed by atoms with Crippen LogP contribution in [0.3, 0.4) is 0 Å². The zero-order valence-corrected chi connectivity index (χ0v) is 23.8. The molecule has 2 atom stereocenters. The number of carbonyl (C=O) groups excluding carboxylic acids is 2. The van der Waals surface area contributed by atoms with Gasteiger partial charge in [0.25, 0.3) is 5.91 Å². The van der Waals surface area contributed by atoms with E-state index in [0.29, 0.717) is 51.4 Å². The van der Waals surface area contributed by atoms with Gasteiger partial charge in [-0.2, -0.15) is 0 Å². The third-order valence-electron chi connectivity index (χ3n) is 9.32. The Labute approximate surface area is 242 Å². The molecular weight excluding hydrogens is 540 g/mol. The summed E-state index contributed by atoms with van der Waals surface area (Å²) in [5.74, 6) is 1.64. The van der Waals surface area contributed by atoms with Gasteiger partial charge in [0.15, 0.2) is 0 Å². The third-order valence-corrected chi connectivity index (χ3v) is 10.1. The van der Waals surface area contributed by atoms with Crippen LogP contribution in [-0.2, 0) is 20.9 Å². The predicted molar refractivity (Wildman–Crippen MR) is 156 cm³/mol. The van der Waals surface area contributed by atoms with Gasteiger partial charge in [-0.3, -0.25) is 24.0 Å². The number of benzene rings is 1. The van der Waals surface area contributed by atoms with E-state index in [1.165, 1.54) is 21.0 Å². The second-order valence-corrected chi connectivity index (χ2v) is 13.1. The van der Waals surface area contributed by atoms with E-state index >= 15 is 0 Å². The summed E-state index contributed by atoms with van der Waals surface area (Å²) in [4.78, 5) is 35.3. The van der Waals surface area contributed by atoms with E-state index in [1.54, 1.807) is 0 Å². The molecule has 10 nitrogen and oxygen atoms in total. The van der Waals surface area contributed by atoms with Crippen LogP contribution in [0.4, 0.5) is 0 Å². The van der Waals surface area contributed by atoms with Crippen molar-refractivity contribution in [3.8, 4) is 0 Å². The molecule has 3 fully saturated rings. The number of nitrogens with zero attached hydrogens (tertiary/aromatic N) is 4. The lowest BCUT2D eigenvalue weighted by Crippen LogP contribution is -2.57. The molecule has 6 aliphatic rings. The van der Waals surface area contributed by atoms with E-state index < -0.39 is 16.8 Å². The van der Waals surface area contributed by atoms with E-state index in [1.807, 2.05) is 16.0 Å². The van der Waals surface area contributed by atoms with E-state index in [4.69, 9.17) is 4.99 Å². The van der Waals surface area contributed by atoms with E-state index in [0.717, 1.165) is 31.4 Å². The molecule has 2 saturated heterocycles. The monoisotopic (exact) mass is 576 g/mol. The van der Waals surface area contributed by atoms with Gasteiger partial charge in [-0.05, 0) is 48.8 Å². The first-order valence-electron chi connectivity index (χ1n) is 14.6. The topological polar surface area (TPSA) is 118 Å². The molecule has 3 N–H and O–H groups in total. The van der Waals surface area contributed by atoms with E-state index in [-0.39, 0.29) is 29.6 Å². The van der Waals surface area contributed by atoms with Gasteiger partial charge >= 0.3 is 0 Å². The summed E-state index contributed by atoms with van der Waals surface area (Å²) >= 11 is -2.04. The highest BCUT2D eigenvalue weighted by Gasteiger charge is 2.52. The number of amides is 2. The van der Waals surface area contributed by atoms with Gasteiger partial charge in [0.1, 0.15) is 11.4 Å². The quantitative estimate of drug-likeness (QED) is 0.429. The second kappa shape index (κ2) is 10.6. The first-order valence-corrected chi connectivity index (χ1v) is 15.7. The van der Waals surface area contributed by atoms with E-state index in [9.17, 15) is 18.4 Å². The Balaban J connectivity index is 1.07. The normalized spacial score (nSPS) is 26.9. The largest absolute Gasteiger partial charge is 0.342 e. The van der Waals surface area contributed by atoms with Crippen LogP contribution >= 0.6 is 0 Å². The Kier molecular flexibility index (Phi) is 6.93. The highest BCUT2D eigenvalue weighted by molar-refractivity contribution is 7.76. The van der Waals surface area contributed by atoms with Crippen molar-refractivity contribution < 1.29 is 18.4 Å². The Hall–Kier alpha value is -3.12. The lowest BCUT2D eigenvalue weighted by atomic mass is 9.88. The average molecular weight is 577 g/mol. The molecule has 1 aromatic carbocycles. The third kappa shape index (κ3) is 5.09. The molecule has 0 radical (unpaired) electrons. The molecule has 2 amide bonds. The number of amidine groups is 1. The minimum absolute atomic E-state index is 0.0138. The number of carbonyl (C=O) groups is 2. The second-order valence-electron chi connectivity index (χ2n) is 12.1. The summed E-state index contributed by atoms with van der Waals surface area (Å²) in [7, 11) is 0. The van der Waals surface area contributed by atoms with Crippen molar-refractivity contribution in [2.75, 3.05) is 39.3 Å². The summed E-state index contributed by atoms with van der Waals surface area (Å²) < 4.78 is 22.7. The molecule has 1 spiro atoms. The van der Waals surface area contributed by atoms with Gasteiger partial charge in [0, 0.05) is 68.8 Å². The molecule has 7 rings (SSSR count). The Bertz CT molecular complexity index is 1380. The maximum Gasteiger partial charge on any atom is 0.256 e. The van der Waals surface area contributed by atoms with Gasteiger partial charge in [0.05, 0.1) is 0 Å². The number of nitrogens with one attached hydrogen (secondary N) is 2. The molecule has 41 heavy (non-hydrogen) atoms. The number of likely N-dealkylation sites (tertiary alicyclic amines) is 1. The van der Waals surface area contributed by atoms with Gasteiger partial charge in [0.2, 0.25) is 17.2 Å². The number of piperidine rings is 1. The maximum atomic E-state index is 14.0. The average Bonchev–Trinajstić information content (AvgIpc) is 3.62. The lowest BCUT2D eigenvalue weighted by Gasteiger charge is -2.42. The molecule has 2 aliphatic carbocycles. The minimum atomic E-state index is -2.04. The molecule has 1 saturated carbocycles. The molecule has 4 aliphatic heterocycles. The fraction of sp³-hybridized carbons (Fsp3) is 0.500. The summed E-state index contributed by atoms with van der Waals surface area (Å²) in [5.41, 5.74) is 9.88. The van der Waals surface area contributed by atoms with Crippen molar-refractivity contribution in [2.45, 2.75) is 43.6 Å². The smallest absolute Gasteiger partial charge is 0.256 e. The molecular formula is C30H36N6O4S. The molecule has 2 unspecified atom stereocenters. The van der Waals surface area contributed by atoms with Gasteiger partial charge in [-0.1, -0.05) is 42.5 Å². The summed E-state index contributed by atoms with van der Waals surface area (Å²) in [5, 5.41) is 0. The first kappa shape index (κ1) is 26.8. The number of hydrogen-bond acceptors (Lipinski definition) is 6. The standard InChI is InChI=1S/C30H36N6O4S/c37-28(25-9-10-25)34-17-20(18-34)19-36-27(33-30(29(36)38)11-13-35(14-12-30)41(39)40)24-7-5-22(6-8-24)21-1-3-23(4-2-21)26-15-31-32-16-26/h1-5,7-8,15,20,22,25,31-32H,6,9-14,16-19H2,(H,39,40). The summed E-state index contributed by atoms with van der Waals surface area (Å²) in [6, 6.07) is 8.69. The minimum Gasteiger partial charge on any atom is -0.342 e. The number of allylic oxidation sites excluding steroid dienone is 2. The fourth-order valence-electron chi connectivity index (χ4n) is 6.60. The summed E-state index contributed by atoms with van der Waals surface area (Å²) in [6.07, 6.45) is 12.1. The Morgan fingerprint density at radius 3 is 2.51 bits per heavy atom. The number of hydrogen-bond donors (Lipinski definition) is 3. The number of hydrazine groups is 1. The zero-order chi connectivity index (χ0) is 28.1. The highest BCUT2D eigenvalue weighted by atomic mass is 32.2. The number of aliphatic imine (C=N–C) groups is 1. The first-order chi connectivity index (χ1) is 19.9. The molecule has 0 aromatic heterocycles. The van der Waals surface area contributed by atoms with Gasteiger partial charge in [-0.25, -0.2) is 13.9 Å². The molecule has 1 aromatic rings. The zero-order valence-electron chi connectivity index (χ0n) is 23.0. The Morgan fingerprint density at radius 2 is 1.90 bits per heavy atom. The summed E-state index contributed by atoms with van der Waals surface area (Å²) in [6.45, 7) is 3.42. The van der Waals surface area contributed by atoms with Crippen molar-refractivity contribution in [1.82, 2.24) is 25.0 Å². The molecule has 216 valence electrons. The van der Waals surface area contributed by atoms with Gasteiger partial charge < -0.3 is 10.3 Å². The van der Waals surface area contributed by atoms with E-state index in [2.05, 4.69) is 53.3 Å². The van der Waals surface area contributed by atoms with Crippen LogP contribution in [0.2, 0.25) is 0 Å². The van der Waals surface area contributed by atoms with Crippen molar-refractivity contribution in [2.24, 2.45) is 16.8 Å². The molecule has 0 bridgehead atoms. The molecule has 11 heteroatoms. The van der Waals surface area contributed by atoms with Crippen LogP contribution in [0.15, 0.2) is 59.3 Å². The van der Waals surface area contributed by atoms with Crippen molar-refractivity contribution in [3.05, 3.63) is 65.4 Å². The van der Waals surface area contributed by atoms with Crippen LogP contribution in [0.25, 0.3) is 5.57 Å². The van der Waals surface area contributed by atoms with Crippen LogP contribution in [0.5, 0.6) is 0 Å². The predicted octanol–water partition coefficient (Wildman–Crippen LogP) is 2.19. The van der Waals surface area contributed by atoms with Crippen LogP contribution in [-0.4, -0.2) is 85.3 Å². The highest BCUT2D eigenvalue weighted by Crippen LogP contribution is 2.39. The van der Waals surface area contributed by atoms with Gasteiger partial charge in [-0.15, -0.1) is 0 Å². The van der Waals surface area contributed by atoms with Crippen molar-refractivity contribution >= 4 is 34.5 Å².